The highest BCUT2D eigenvalue weighted by Crippen LogP contribution is 2.10. The summed E-state index contributed by atoms with van der Waals surface area (Å²) < 4.78 is 54.3. The molecule has 0 saturated carbocycles. The number of benzene rings is 2. The van der Waals surface area contributed by atoms with Gasteiger partial charge in [0.25, 0.3) is 5.91 Å². The standard InChI is InChI=1S/C20H25N3O7S2/c1-14(23-32(28,29)18-6-4-3-5-7-18)20(25)30-15(2)19(24)22-13-12-16-8-10-17(11-9-16)31(21,26)27/h3-11,14-15,23H,12-13H2,1-2H3,(H,22,24)(H2,21,26,27)/t14-,15?/m0/s1. The number of nitrogens with two attached hydrogens (primary N) is 1. The van der Waals surface area contributed by atoms with Crippen molar-refractivity contribution in [1.82, 2.24) is 10.0 Å². The van der Waals surface area contributed by atoms with E-state index < -0.39 is 44.1 Å². The highest BCUT2D eigenvalue weighted by atomic mass is 32.2. The van der Waals surface area contributed by atoms with E-state index in [0.717, 1.165) is 5.56 Å². The van der Waals surface area contributed by atoms with E-state index in [9.17, 15) is 26.4 Å². The zero-order chi connectivity index (χ0) is 23.9. The Morgan fingerprint density at radius 2 is 1.53 bits per heavy atom. The maximum atomic E-state index is 12.3. The Kier molecular flexibility index (Phi) is 8.50. The van der Waals surface area contributed by atoms with Gasteiger partial charge >= 0.3 is 5.97 Å². The first-order valence-corrected chi connectivity index (χ1v) is 12.6. The number of carbonyl (C=O) groups is 2. The molecule has 0 spiro atoms. The predicted octanol–water partition coefficient (Wildman–Crippen LogP) is 0.291. The van der Waals surface area contributed by atoms with Crippen molar-refractivity contribution in [2.75, 3.05) is 6.54 Å². The molecule has 0 aliphatic heterocycles. The van der Waals surface area contributed by atoms with Crippen LogP contribution in [0.3, 0.4) is 0 Å². The van der Waals surface area contributed by atoms with Crippen molar-refractivity contribution in [3.8, 4) is 0 Å². The predicted molar refractivity (Wildman–Crippen MR) is 116 cm³/mol. The molecule has 1 amide bonds. The second-order valence-electron chi connectivity index (χ2n) is 6.97. The van der Waals surface area contributed by atoms with Gasteiger partial charge in [-0.2, -0.15) is 4.72 Å². The molecule has 4 N–H and O–H groups in total. The topological polar surface area (TPSA) is 162 Å². The molecular formula is C20H25N3O7S2. The fourth-order valence-electron chi connectivity index (χ4n) is 2.60. The number of ether oxygens (including phenoxy) is 1. The largest absolute Gasteiger partial charge is 0.451 e. The lowest BCUT2D eigenvalue weighted by atomic mass is 10.1. The van der Waals surface area contributed by atoms with Crippen molar-refractivity contribution in [2.45, 2.75) is 42.2 Å². The summed E-state index contributed by atoms with van der Waals surface area (Å²) in [5, 5.41) is 7.64. The van der Waals surface area contributed by atoms with Gasteiger partial charge in [-0.15, -0.1) is 0 Å². The minimum atomic E-state index is -3.91. The number of carbonyl (C=O) groups excluding carboxylic acids is 2. The number of amides is 1. The number of hydrogen-bond acceptors (Lipinski definition) is 7. The molecule has 2 aromatic rings. The number of nitrogens with one attached hydrogen (secondary N) is 2. The van der Waals surface area contributed by atoms with Crippen molar-refractivity contribution >= 4 is 31.9 Å². The van der Waals surface area contributed by atoms with E-state index in [1.807, 2.05) is 0 Å². The van der Waals surface area contributed by atoms with Crippen molar-refractivity contribution in [1.29, 1.82) is 0 Å². The molecule has 12 heteroatoms. The van der Waals surface area contributed by atoms with E-state index in [1.54, 1.807) is 30.3 Å². The lowest BCUT2D eigenvalue weighted by Crippen LogP contribution is -2.43. The van der Waals surface area contributed by atoms with Crippen LogP contribution < -0.4 is 15.2 Å². The third-order valence-electron chi connectivity index (χ3n) is 4.37. The summed E-state index contributed by atoms with van der Waals surface area (Å²) in [7, 11) is -7.69. The van der Waals surface area contributed by atoms with Gasteiger partial charge in [0, 0.05) is 6.54 Å². The Labute approximate surface area is 187 Å². The molecule has 32 heavy (non-hydrogen) atoms. The molecule has 10 nitrogen and oxygen atoms in total. The summed E-state index contributed by atoms with van der Waals surface area (Å²) >= 11 is 0. The Morgan fingerprint density at radius 1 is 0.938 bits per heavy atom. The van der Waals surface area contributed by atoms with E-state index in [2.05, 4.69) is 10.0 Å². The van der Waals surface area contributed by atoms with Crippen LogP contribution in [0.2, 0.25) is 0 Å². The molecule has 2 atom stereocenters. The summed E-state index contributed by atoms with van der Waals surface area (Å²) in [6, 6.07) is 12.2. The second kappa shape index (κ2) is 10.7. The highest BCUT2D eigenvalue weighted by molar-refractivity contribution is 7.89. The Morgan fingerprint density at radius 3 is 2.09 bits per heavy atom. The average Bonchev–Trinajstić information content (AvgIpc) is 2.73. The van der Waals surface area contributed by atoms with Gasteiger partial charge in [-0.25, -0.2) is 22.0 Å². The molecule has 0 saturated heterocycles. The first-order valence-electron chi connectivity index (χ1n) is 9.57. The SMILES string of the molecule is CC(OC(=O)[C@H](C)NS(=O)(=O)c1ccccc1)C(=O)NCCc1ccc(S(N)(=O)=O)cc1. The van der Waals surface area contributed by atoms with Gasteiger partial charge in [0.05, 0.1) is 9.79 Å². The Balaban J connectivity index is 1.82. The fourth-order valence-corrected chi connectivity index (χ4v) is 4.33. The summed E-state index contributed by atoms with van der Waals surface area (Å²) in [6.07, 6.45) is -0.735. The Hall–Kier alpha value is -2.80. The van der Waals surface area contributed by atoms with Gasteiger partial charge in [0.15, 0.2) is 6.10 Å². The fraction of sp³-hybridized carbons (Fsp3) is 0.300. The lowest BCUT2D eigenvalue weighted by molar-refractivity contribution is -0.156. The first-order chi connectivity index (χ1) is 14.9. The minimum absolute atomic E-state index is 0.00235. The van der Waals surface area contributed by atoms with Crippen molar-refractivity contribution in [3.63, 3.8) is 0 Å². The van der Waals surface area contributed by atoms with Crippen LogP contribution in [-0.2, 0) is 40.8 Å². The van der Waals surface area contributed by atoms with E-state index >= 15 is 0 Å². The normalized spacial score (nSPS) is 13.7. The molecule has 0 heterocycles. The van der Waals surface area contributed by atoms with Crippen molar-refractivity contribution in [2.24, 2.45) is 5.14 Å². The van der Waals surface area contributed by atoms with Gasteiger partial charge in [0.1, 0.15) is 6.04 Å². The molecule has 0 aliphatic rings. The van der Waals surface area contributed by atoms with Crippen molar-refractivity contribution < 1.29 is 31.2 Å². The van der Waals surface area contributed by atoms with Crippen molar-refractivity contribution in [3.05, 3.63) is 60.2 Å². The summed E-state index contributed by atoms with van der Waals surface area (Å²) in [4.78, 5) is 24.3. The van der Waals surface area contributed by atoms with Gasteiger partial charge in [-0.1, -0.05) is 30.3 Å². The van der Waals surface area contributed by atoms with Crippen LogP contribution in [0.5, 0.6) is 0 Å². The molecule has 0 bridgehead atoms. The van der Waals surface area contributed by atoms with Crippen LogP contribution in [0.1, 0.15) is 19.4 Å². The summed E-state index contributed by atoms with van der Waals surface area (Å²) in [5.74, 6) is -1.46. The zero-order valence-corrected chi connectivity index (χ0v) is 19.1. The van der Waals surface area contributed by atoms with Crippen LogP contribution in [0.15, 0.2) is 64.4 Å². The van der Waals surface area contributed by atoms with Crippen LogP contribution >= 0.6 is 0 Å². The highest BCUT2D eigenvalue weighted by Gasteiger charge is 2.26. The monoisotopic (exact) mass is 483 g/mol. The van der Waals surface area contributed by atoms with E-state index in [4.69, 9.17) is 9.88 Å². The van der Waals surface area contributed by atoms with Gasteiger partial charge < -0.3 is 10.1 Å². The summed E-state index contributed by atoms with van der Waals surface area (Å²) in [6.45, 7) is 2.90. The van der Waals surface area contributed by atoms with E-state index in [1.165, 1.54) is 38.1 Å². The first kappa shape index (κ1) is 25.5. The second-order valence-corrected chi connectivity index (χ2v) is 10.2. The lowest BCUT2D eigenvalue weighted by Gasteiger charge is -2.17. The van der Waals surface area contributed by atoms with Crippen LogP contribution in [0.25, 0.3) is 0 Å². The Bertz CT molecular complexity index is 1150. The quantitative estimate of drug-likeness (QED) is 0.409. The molecule has 174 valence electrons. The summed E-state index contributed by atoms with van der Waals surface area (Å²) in [5.41, 5.74) is 0.770. The number of primary sulfonamides is 1. The molecule has 0 aliphatic carbocycles. The molecule has 0 radical (unpaired) electrons. The molecule has 0 fully saturated rings. The molecule has 1 unspecified atom stereocenters. The molecule has 0 aromatic heterocycles. The molecule has 2 rings (SSSR count). The third-order valence-corrected chi connectivity index (χ3v) is 6.85. The molecule has 2 aromatic carbocycles. The van der Waals surface area contributed by atoms with E-state index in [-0.39, 0.29) is 16.3 Å². The smallest absolute Gasteiger partial charge is 0.324 e. The van der Waals surface area contributed by atoms with E-state index in [0.29, 0.717) is 6.42 Å². The van der Waals surface area contributed by atoms with Gasteiger partial charge in [0.2, 0.25) is 20.0 Å². The molecular weight excluding hydrogens is 458 g/mol. The number of rotatable bonds is 10. The number of sulfonamides is 2. The minimum Gasteiger partial charge on any atom is -0.451 e. The third kappa shape index (κ3) is 7.41. The zero-order valence-electron chi connectivity index (χ0n) is 17.5. The van der Waals surface area contributed by atoms with Crippen LogP contribution in [-0.4, -0.2) is 47.4 Å². The maximum Gasteiger partial charge on any atom is 0.324 e. The number of hydrogen-bond donors (Lipinski definition) is 3. The number of esters is 1. The van der Waals surface area contributed by atoms with Gasteiger partial charge in [-0.3, -0.25) is 9.59 Å². The van der Waals surface area contributed by atoms with Gasteiger partial charge in [-0.05, 0) is 50.1 Å². The van der Waals surface area contributed by atoms with Crippen LogP contribution in [0.4, 0.5) is 0 Å². The van der Waals surface area contributed by atoms with Crippen LogP contribution in [0, 0.1) is 0 Å². The maximum absolute atomic E-state index is 12.3. The average molecular weight is 484 g/mol.